The molecule has 6 heteroatoms. The topological polar surface area (TPSA) is 51.7 Å². The van der Waals surface area contributed by atoms with Crippen molar-refractivity contribution in [1.82, 2.24) is 20.9 Å². The molecule has 2 aliphatic heterocycles. The van der Waals surface area contributed by atoms with Crippen LogP contribution >= 0.6 is 24.0 Å². The molecule has 0 amide bonds. The quantitative estimate of drug-likeness (QED) is 0.243. The highest BCUT2D eigenvalue weighted by atomic mass is 127. The predicted octanol–water partition coefficient (Wildman–Crippen LogP) is 3.35. The van der Waals surface area contributed by atoms with E-state index >= 15 is 0 Å². The minimum Gasteiger partial charge on any atom is -0.355 e. The SMILES string of the molecule is CN=C(NCCNC(C)(C)C)NC1CC2CCC(C1)N2Cc1ccccc1.I. The first-order valence-corrected chi connectivity index (χ1v) is 10.5. The number of rotatable bonds is 6. The van der Waals surface area contributed by atoms with Gasteiger partial charge < -0.3 is 16.0 Å². The summed E-state index contributed by atoms with van der Waals surface area (Å²) >= 11 is 0. The Kier molecular flexibility index (Phi) is 9.02. The van der Waals surface area contributed by atoms with Crippen molar-refractivity contribution in [2.45, 2.75) is 76.7 Å². The fraction of sp³-hybridized carbons (Fsp3) is 0.682. The zero-order chi connectivity index (χ0) is 19.3. The molecule has 2 heterocycles. The number of hydrogen-bond donors (Lipinski definition) is 3. The summed E-state index contributed by atoms with van der Waals surface area (Å²) in [5.41, 5.74) is 1.59. The van der Waals surface area contributed by atoms with Crippen molar-refractivity contribution in [3.05, 3.63) is 35.9 Å². The number of hydrogen-bond acceptors (Lipinski definition) is 3. The molecule has 1 aromatic rings. The van der Waals surface area contributed by atoms with Gasteiger partial charge in [0.05, 0.1) is 0 Å². The largest absolute Gasteiger partial charge is 0.355 e. The average Bonchev–Trinajstić information content (AvgIpc) is 2.87. The van der Waals surface area contributed by atoms with E-state index in [1.165, 1.54) is 31.2 Å². The number of fused-ring (bicyclic) bond motifs is 2. The lowest BCUT2D eigenvalue weighted by Crippen LogP contribution is -2.53. The Bertz CT molecular complexity index is 599. The number of aliphatic imine (C=N–C) groups is 1. The van der Waals surface area contributed by atoms with Gasteiger partial charge in [-0.3, -0.25) is 9.89 Å². The Balaban J connectivity index is 0.00000280. The molecule has 0 aliphatic carbocycles. The van der Waals surface area contributed by atoms with Crippen LogP contribution in [0.5, 0.6) is 0 Å². The van der Waals surface area contributed by atoms with E-state index in [0.29, 0.717) is 18.1 Å². The maximum absolute atomic E-state index is 4.43. The van der Waals surface area contributed by atoms with E-state index in [2.05, 4.69) is 76.9 Å². The molecule has 0 spiro atoms. The molecule has 3 N–H and O–H groups in total. The summed E-state index contributed by atoms with van der Waals surface area (Å²) in [6.45, 7) is 9.49. The van der Waals surface area contributed by atoms with Crippen molar-refractivity contribution in [2.24, 2.45) is 4.99 Å². The summed E-state index contributed by atoms with van der Waals surface area (Å²) < 4.78 is 0. The molecule has 3 rings (SSSR count). The van der Waals surface area contributed by atoms with Gasteiger partial charge in [0.1, 0.15) is 0 Å². The van der Waals surface area contributed by atoms with Gasteiger partial charge in [-0.1, -0.05) is 30.3 Å². The van der Waals surface area contributed by atoms with E-state index < -0.39 is 0 Å². The Hall–Kier alpha value is -0.860. The Morgan fingerprint density at radius 1 is 1.07 bits per heavy atom. The van der Waals surface area contributed by atoms with Gasteiger partial charge in [0, 0.05) is 50.3 Å². The second kappa shape index (κ2) is 10.8. The van der Waals surface area contributed by atoms with Gasteiger partial charge in [-0.2, -0.15) is 0 Å². The van der Waals surface area contributed by atoms with Gasteiger partial charge >= 0.3 is 0 Å². The monoisotopic (exact) mass is 499 g/mol. The molecule has 28 heavy (non-hydrogen) atoms. The zero-order valence-corrected chi connectivity index (χ0v) is 20.2. The minimum atomic E-state index is 0. The van der Waals surface area contributed by atoms with Gasteiger partial charge in [0.15, 0.2) is 5.96 Å². The van der Waals surface area contributed by atoms with Crippen LogP contribution in [0, 0.1) is 0 Å². The van der Waals surface area contributed by atoms with Crippen LogP contribution in [0.15, 0.2) is 35.3 Å². The molecule has 2 bridgehead atoms. The summed E-state index contributed by atoms with van der Waals surface area (Å²) in [5, 5.41) is 10.6. The third-order valence-corrected chi connectivity index (χ3v) is 5.73. The van der Waals surface area contributed by atoms with E-state index in [4.69, 9.17) is 0 Å². The first-order chi connectivity index (χ1) is 12.9. The second-order valence-electron chi connectivity index (χ2n) is 9.03. The van der Waals surface area contributed by atoms with Crippen LogP contribution in [0.2, 0.25) is 0 Å². The number of guanidine groups is 1. The summed E-state index contributed by atoms with van der Waals surface area (Å²) in [6, 6.07) is 12.8. The van der Waals surface area contributed by atoms with Gasteiger partial charge in [-0.25, -0.2) is 0 Å². The van der Waals surface area contributed by atoms with Gasteiger partial charge in [0.2, 0.25) is 0 Å². The van der Waals surface area contributed by atoms with Crippen molar-refractivity contribution in [3.63, 3.8) is 0 Å². The maximum atomic E-state index is 4.43. The standard InChI is InChI=1S/C22H37N5.HI/c1-22(2,3)25-13-12-24-21(23-4)26-18-14-19-10-11-20(15-18)27(19)16-17-8-6-5-7-9-17;/h5-9,18-20,25H,10-16H2,1-4H3,(H2,23,24,26);1H. The van der Waals surface area contributed by atoms with Crippen LogP contribution in [0.25, 0.3) is 0 Å². The second-order valence-corrected chi connectivity index (χ2v) is 9.03. The van der Waals surface area contributed by atoms with Crippen molar-refractivity contribution in [3.8, 4) is 0 Å². The summed E-state index contributed by atoms with van der Waals surface area (Å²) in [4.78, 5) is 7.16. The van der Waals surface area contributed by atoms with Crippen molar-refractivity contribution >= 4 is 29.9 Å². The van der Waals surface area contributed by atoms with E-state index in [-0.39, 0.29) is 29.5 Å². The molecular weight excluding hydrogens is 461 g/mol. The first-order valence-electron chi connectivity index (χ1n) is 10.5. The Morgan fingerprint density at radius 2 is 1.71 bits per heavy atom. The lowest BCUT2D eigenvalue weighted by atomic mass is 9.96. The van der Waals surface area contributed by atoms with E-state index in [1.54, 1.807) is 0 Å². The fourth-order valence-corrected chi connectivity index (χ4v) is 4.45. The van der Waals surface area contributed by atoms with E-state index in [0.717, 1.165) is 25.6 Å². The third kappa shape index (κ3) is 6.88. The first kappa shape index (κ1) is 23.4. The predicted molar refractivity (Wildman–Crippen MR) is 129 cm³/mol. The Labute approximate surface area is 188 Å². The molecule has 2 atom stereocenters. The average molecular weight is 499 g/mol. The number of piperidine rings is 1. The molecule has 2 aliphatic rings. The zero-order valence-electron chi connectivity index (χ0n) is 17.9. The van der Waals surface area contributed by atoms with Crippen LogP contribution in [0.4, 0.5) is 0 Å². The lowest BCUT2D eigenvalue weighted by molar-refractivity contribution is 0.114. The molecule has 0 saturated carbocycles. The minimum absolute atomic E-state index is 0. The van der Waals surface area contributed by atoms with Crippen molar-refractivity contribution in [2.75, 3.05) is 20.1 Å². The molecule has 158 valence electrons. The molecule has 2 saturated heterocycles. The number of halogens is 1. The molecule has 0 radical (unpaired) electrons. The summed E-state index contributed by atoms with van der Waals surface area (Å²) in [7, 11) is 1.87. The van der Waals surface area contributed by atoms with Crippen molar-refractivity contribution in [1.29, 1.82) is 0 Å². The summed E-state index contributed by atoms with van der Waals surface area (Å²) in [6.07, 6.45) is 5.09. The third-order valence-electron chi connectivity index (χ3n) is 5.73. The summed E-state index contributed by atoms with van der Waals surface area (Å²) in [5.74, 6) is 0.937. The van der Waals surface area contributed by atoms with Gasteiger partial charge in [-0.05, 0) is 52.0 Å². The van der Waals surface area contributed by atoms with E-state index in [1.807, 2.05) is 7.05 Å². The van der Waals surface area contributed by atoms with Crippen LogP contribution < -0.4 is 16.0 Å². The number of benzene rings is 1. The van der Waals surface area contributed by atoms with Crippen LogP contribution in [0.1, 0.15) is 52.0 Å². The molecule has 2 unspecified atom stereocenters. The molecular formula is C22H38IN5. The lowest BCUT2D eigenvalue weighted by Gasteiger charge is -2.39. The highest BCUT2D eigenvalue weighted by Gasteiger charge is 2.40. The molecule has 5 nitrogen and oxygen atoms in total. The number of nitrogens with zero attached hydrogens (tertiary/aromatic N) is 2. The Morgan fingerprint density at radius 3 is 2.29 bits per heavy atom. The fourth-order valence-electron chi connectivity index (χ4n) is 4.45. The maximum Gasteiger partial charge on any atom is 0.191 e. The van der Waals surface area contributed by atoms with Crippen LogP contribution in [-0.4, -0.2) is 54.7 Å². The normalized spacial score (nSPS) is 25.3. The number of nitrogens with one attached hydrogen (secondary N) is 3. The highest BCUT2D eigenvalue weighted by Crippen LogP contribution is 2.36. The van der Waals surface area contributed by atoms with Gasteiger partial charge in [-0.15, -0.1) is 24.0 Å². The van der Waals surface area contributed by atoms with Gasteiger partial charge in [0.25, 0.3) is 0 Å². The smallest absolute Gasteiger partial charge is 0.191 e. The molecule has 2 fully saturated rings. The molecule has 1 aromatic carbocycles. The van der Waals surface area contributed by atoms with Crippen LogP contribution in [0.3, 0.4) is 0 Å². The molecule has 0 aromatic heterocycles. The highest BCUT2D eigenvalue weighted by molar-refractivity contribution is 14.0. The van der Waals surface area contributed by atoms with E-state index in [9.17, 15) is 0 Å². The van der Waals surface area contributed by atoms with Crippen molar-refractivity contribution < 1.29 is 0 Å². The van der Waals surface area contributed by atoms with Crippen LogP contribution in [-0.2, 0) is 6.54 Å².